The van der Waals surface area contributed by atoms with Crippen LogP contribution in [0.2, 0.25) is 0 Å². The maximum Gasteiger partial charge on any atom is 0.0540 e. The van der Waals surface area contributed by atoms with Crippen molar-refractivity contribution in [1.82, 2.24) is 0 Å². The Labute approximate surface area is 51.7 Å². The van der Waals surface area contributed by atoms with Crippen molar-refractivity contribution < 1.29 is 5.11 Å². The third-order valence-electron chi connectivity index (χ3n) is 1.20. The highest BCUT2D eigenvalue weighted by molar-refractivity contribution is 4.66. The van der Waals surface area contributed by atoms with Crippen LogP contribution in [-0.2, 0) is 0 Å². The van der Waals surface area contributed by atoms with Gasteiger partial charge in [0.2, 0.25) is 0 Å². The lowest BCUT2D eigenvalue weighted by molar-refractivity contribution is 0.169. The summed E-state index contributed by atoms with van der Waals surface area (Å²) in [5, 5.41) is 8.96. The lowest BCUT2D eigenvalue weighted by Crippen LogP contribution is -2.03. The molecule has 0 saturated heterocycles. The van der Waals surface area contributed by atoms with Gasteiger partial charge in [0.1, 0.15) is 0 Å². The van der Waals surface area contributed by atoms with Crippen molar-refractivity contribution in [3.8, 4) is 0 Å². The lowest BCUT2D eigenvalue weighted by atomic mass is 10.1. The Kier molecular flexibility index (Phi) is 5.08. The summed E-state index contributed by atoms with van der Waals surface area (Å²) < 4.78 is 0. The van der Waals surface area contributed by atoms with Gasteiger partial charge in [0.25, 0.3) is 0 Å². The van der Waals surface area contributed by atoms with Gasteiger partial charge in [-0.05, 0) is 19.3 Å². The summed E-state index contributed by atoms with van der Waals surface area (Å²) in [6.07, 6.45) is 4.80. The first-order valence-electron chi connectivity index (χ1n) is 3.31. The molecule has 0 heterocycles. The summed E-state index contributed by atoms with van der Waals surface area (Å²) in [7, 11) is 0. The molecular weight excluding hydrogens is 100 g/mol. The highest BCUT2D eigenvalue weighted by atomic mass is 16.3. The highest BCUT2D eigenvalue weighted by Crippen LogP contribution is 2.00. The standard InChI is InChI=1S/C7H15O/c1-3-5-6-7(8)4-2/h5,7-8H,3-4,6H2,1-2H3/t7-/m1/s1. The van der Waals surface area contributed by atoms with Crippen molar-refractivity contribution in [2.24, 2.45) is 0 Å². The van der Waals surface area contributed by atoms with Gasteiger partial charge < -0.3 is 5.11 Å². The average molecular weight is 115 g/mol. The average Bonchev–Trinajstić information content (AvgIpc) is 1.83. The second-order valence-electron chi connectivity index (χ2n) is 1.99. The minimum absolute atomic E-state index is 0.102. The second kappa shape index (κ2) is 5.10. The van der Waals surface area contributed by atoms with Crippen molar-refractivity contribution >= 4 is 0 Å². The smallest absolute Gasteiger partial charge is 0.0540 e. The summed E-state index contributed by atoms with van der Waals surface area (Å²) in [5.74, 6) is 0. The van der Waals surface area contributed by atoms with E-state index in [4.69, 9.17) is 5.11 Å². The van der Waals surface area contributed by atoms with Crippen LogP contribution in [0.4, 0.5) is 0 Å². The van der Waals surface area contributed by atoms with Gasteiger partial charge in [0, 0.05) is 0 Å². The highest BCUT2D eigenvalue weighted by Gasteiger charge is 1.96. The second-order valence-corrected chi connectivity index (χ2v) is 1.99. The first-order valence-corrected chi connectivity index (χ1v) is 3.31. The van der Waals surface area contributed by atoms with Crippen LogP contribution in [0.3, 0.4) is 0 Å². The first-order chi connectivity index (χ1) is 3.81. The van der Waals surface area contributed by atoms with E-state index in [0.29, 0.717) is 0 Å². The fraction of sp³-hybridized carbons (Fsp3) is 0.857. The number of hydrogen-bond acceptors (Lipinski definition) is 1. The molecule has 1 heteroatoms. The Balaban J connectivity index is 2.86. The fourth-order valence-electron chi connectivity index (χ4n) is 0.526. The third-order valence-corrected chi connectivity index (χ3v) is 1.20. The lowest BCUT2D eigenvalue weighted by Gasteiger charge is -2.03. The molecule has 1 radical (unpaired) electrons. The van der Waals surface area contributed by atoms with E-state index in [-0.39, 0.29) is 6.10 Å². The van der Waals surface area contributed by atoms with Gasteiger partial charge in [-0.2, -0.15) is 0 Å². The zero-order valence-electron chi connectivity index (χ0n) is 5.72. The molecule has 0 spiro atoms. The van der Waals surface area contributed by atoms with Gasteiger partial charge >= 0.3 is 0 Å². The van der Waals surface area contributed by atoms with E-state index in [0.717, 1.165) is 19.3 Å². The molecule has 8 heavy (non-hydrogen) atoms. The summed E-state index contributed by atoms with van der Waals surface area (Å²) in [6.45, 7) is 4.08. The van der Waals surface area contributed by atoms with Gasteiger partial charge in [0.05, 0.1) is 6.10 Å². The number of rotatable bonds is 4. The Hall–Kier alpha value is -0.0400. The molecule has 0 saturated carbocycles. The molecule has 1 N–H and O–H groups in total. The van der Waals surface area contributed by atoms with Gasteiger partial charge in [0.15, 0.2) is 0 Å². The van der Waals surface area contributed by atoms with Crippen LogP contribution in [0.5, 0.6) is 0 Å². The fourth-order valence-corrected chi connectivity index (χ4v) is 0.526. The summed E-state index contributed by atoms with van der Waals surface area (Å²) in [6, 6.07) is 0. The molecule has 0 aliphatic heterocycles. The van der Waals surface area contributed by atoms with E-state index >= 15 is 0 Å². The number of aliphatic hydroxyl groups is 1. The number of aliphatic hydroxyl groups excluding tert-OH is 1. The molecule has 0 bridgehead atoms. The molecular formula is C7H15O. The Morgan fingerprint density at radius 1 is 1.50 bits per heavy atom. The molecule has 1 atom stereocenters. The molecule has 0 aromatic heterocycles. The summed E-state index contributed by atoms with van der Waals surface area (Å²) in [5.41, 5.74) is 0. The van der Waals surface area contributed by atoms with Gasteiger partial charge in [-0.3, -0.25) is 0 Å². The Bertz CT molecular complexity index is 43.7. The zero-order chi connectivity index (χ0) is 6.41. The van der Waals surface area contributed by atoms with Crippen LogP contribution >= 0.6 is 0 Å². The van der Waals surface area contributed by atoms with Gasteiger partial charge in [-0.1, -0.05) is 20.3 Å². The molecule has 0 amide bonds. The quantitative estimate of drug-likeness (QED) is 0.592. The van der Waals surface area contributed by atoms with Crippen LogP contribution in [0.15, 0.2) is 0 Å². The predicted molar refractivity (Wildman–Crippen MR) is 35.5 cm³/mol. The molecule has 0 aromatic carbocycles. The monoisotopic (exact) mass is 115 g/mol. The molecule has 0 aliphatic rings. The van der Waals surface area contributed by atoms with Gasteiger partial charge in [-0.15, -0.1) is 0 Å². The van der Waals surface area contributed by atoms with Crippen LogP contribution in [0.1, 0.15) is 33.1 Å². The van der Waals surface area contributed by atoms with Crippen LogP contribution in [0, 0.1) is 6.42 Å². The maximum atomic E-state index is 8.96. The van der Waals surface area contributed by atoms with Crippen LogP contribution in [-0.4, -0.2) is 11.2 Å². The Morgan fingerprint density at radius 2 is 2.12 bits per heavy atom. The van der Waals surface area contributed by atoms with E-state index in [1.165, 1.54) is 0 Å². The summed E-state index contributed by atoms with van der Waals surface area (Å²) in [4.78, 5) is 0. The van der Waals surface area contributed by atoms with E-state index in [1.54, 1.807) is 0 Å². The summed E-state index contributed by atoms with van der Waals surface area (Å²) >= 11 is 0. The van der Waals surface area contributed by atoms with E-state index in [2.05, 4.69) is 13.3 Å². The van der Waals surface area contributed by atoms with Crippen LogP contribution < -0.4 is 0 Å². The van der Waals surface area contributed by atoms with Crippen molar-refractivity contribution in [2.75, 3.05) is 0 Å². The van der Waals surface area contributed by atoms with E-state index < -0.39 is 0 Å². The predicted octanol–water partition coefficient (Wildman–Crippen LogP) is 1.76. The van der Waals surface area contributed by atoms with Crippen LogP contribution in [0.25, 0.3) is 0 Å². The first kappa shape index (κ1) is 7.96. The molecule has 0 aliphatic carbocycles. The van der Waals surface area contributed by atoms with E-state index in [1.807, 2.05) is 6.92 Å². The van der Waals surface area contributed by atoms with Crippen molar-refractivity contribution in [3.05, 3.63) is 6.42 Å². The van der Waals surface area contributed by atoms with Gasteiger partial charge in [-0.25, -0.2) is 0 Å². The number of unbranched alkanes of at least 4 members (excludes halogenated alkanes) is 1. The molecule has 0 aromatic rings. The maximum absolute atomic E-state index is 8.96. The molecule has 49 valence electrons. The SMILES string of the molecule is CC[CH]C[C@H](O)CC. The molecule has 0 rings (SSSR count). The van der Waals surface area contributed by atoms with Crippen molar-refractivity contribution in [2.45, 2.75) is 39.2 Å². The zero-order valence-corrected chi connectivity index (χ0v) is 5.72. The number of hydrogen-bond donors (Lipinski definition) is 1. The van der Waals surface area contributed by atoms with E-state index in [9.17, 15) is 0 Å². The van der Waals surface area contributed by atoms with Crippen molar-refractivity contribution in [3.63, 3.8) is 0 Å². The Morgan fingerprint density at radius 3 is 2.50 bits per heavy atom. The minimum atomic E-state index is -0.102. The molecule has 0 fully saturated rings. The topological polar surface area (TPSA) is 20.2 Å². The largest absolute Gasteiger partial charge is 0.393 e. The normalized spacial score (nSPS) is 13.9. The molecule has 1 nitrogen and oxygen atoms in total. The van der Waals surface area contributed by atoms with Crippen molar-refractivity contribution in [1.29, 1.82) is 0 Å². The molecule has 0 unspecified atom stereocenters. The third kappa shape index (κ3) is 4.13. The minimum Gasteiger partial charge on any atom is -0.393 e.